The number of aliphatic hydroxyl groups is 1. The van der Waals surface area contributed by atoms with Gasteiger partial charge in [0.2, 0.25) is 5.95 Å². The van der Waals surface area contributed by atoms with Crippen LogP contribution in [0.25, 0.3) is 16.9 Å². The highest BCUT2D eigenvalue weighted by Crippen LogP contribution is 2.39. The third-order valence-electron chi connectivity index (χ3n) is 9.19. The first-order chi connectivity index (χ1) is 20.8. The Kier molecular flexibility index (Phi) is 6.74. The zero-order valence-electron chi connectivity index (χ0n) is 25.0. The van der Waals surface area contributed by atoms with E-state index in [1.54, 1.807) is 21.6 Å². The van der Waals surface area contributed by atoms with Crippen LogP contribution in [-0.2, 0) is 18.6 Å². The summed E-state index contributed by atoms with van der Waals surface area (Å²) in [6.07, 6.45) is 5.19. The summed E-state index contributed by atoms with van der Waals surface area (Å²) in [7, 11) is 0. The van der Waals surface area contributed by atoms with Crippen LogP contribution in [0.1, 0.15) is 44.9 Å². The number of fused-ring (bicyclic) bond motifs is 5. The van der Waals surface area contributed by atoms with Gasteiger partial charge in [-0.3, -0.25) is 9.69 Å². The largest absolute Gasteiger partial charge is 0.489 e. The minimum Gasteiger partial charge on any atom is -0.489 e. The van der Waals surface area contributed by atoms with Gasteiger partial charge in [0, 0.05) is 43.6 Å². The second-order valence-corrected chi connectivity index (χ2v) is 12.0. The Hall–Kier alpha value is -4.22. The Balaban J connectivity index is 1.23. The lowest BCUT2D eigenvalue weighted by Crippen LogP contribution is -2.58. The van der Waals surface area contributed by atoms with E-state index >= 15 is 0 Å². The Morgan fingerprint density at radius 2 is 2.09 bits per heavy atom. The van der Waals surface area contributed by atoms with Crippen molar-refractivity contribution in [1.29, 1.82) is 0 Å². The van der Waals surface area contributed by atoms with E-state index in [1.165, 1.54) is 0 Å². The molecule has 0 bridgehead atoms. The normalized spacial score (nSPS) is 21.4. The van der Waals surface area contributed by atoms with Crippen molar-refractivity contribution in [1.82, 2.24) is 29.2 Å². The number of allylic oxidation sites excluding steroid dienone is 1. The lowest BCUT2D eigenvalue weighted by atomic mass is 9.98. The van der Waals surface area contributed by atoms with E-state index in [0.717, 1.165) is 48.7 Å². The molecule has 11 heteroatoms. The molecule has 1 fully saturated rings. The molecule has 2 aliphatic heterocycles. The van der Waals surface area contributed by atoms with Gasteiger partial charge >= 0.3 is 0 Å². The van der Waals surface area contributed by atoms with Crippen molar-refractivity contribution in [2.24, 2.45) is 0 Å². The number of nitrogens with one attached hydrogen (secondary N) is 1. The van der Waals surface area contributed by atoms with Gasteiger partial charge in [0.25, 0.3) is 5.56 Å². The lowest BCUT2D eigenvalue weighted by molar-refractivity contribution is 0.0306. The molecule has 1 aliphatic carbocycles. The van der Waals surface area contributed by atoms with E-state index in [4.69, 9.17) is 14.7 Å². The molecule has 7 rings (SSSR count). The number of pyridine rings is 1. The average molecular weight is 583 g/mol. The topological polar surface area (TPSA) is 114 Å². The van der Waals surface area contributed by atoms with Crippen LogP contribution in [0.5, 0.6) is 5.75 Å². The monoisotopic (exact) mass is 582 g/mol. The first-order valence-electron chi connectivity index (χ1n) is 15.2. The van der Waals surface area contributed by atoms with Gasteiger partial charge in [0.15, 0.2) is 11.5 Å². The van der Waals surface area contributed by atoms with E-state index in [9.17, 15) is 9.90 Å². The molecule has 43 heavy (non-hydrogen) atoms. The fraction of sp³-hybridized carbons (Fsp3) is 0.438. The number of aromatic nitrogens is 5. The predicted molar refractivity (Wildman–Crippen MR) is 167 cm³/mol. The molecule has 0 radical (unpaired) electrons. The van der Waals surface area contributed by atoms with Crippen molar-refractivity contribution in [3.63, 3.8) is 0 Å². The molecule has 5 heterocycles. The molecule has 1 unspecified atom stereocenters. The molecule has 224 valence electrons. The van der Waals surface area contributed by atoms with Crippen LogP contribution in [0.2, 0.25) is 0 Å². The Morgan fingerprint density at radius 1 is 1.23 bits per heavy atom. The molecule has 2 atom stereocenters. The fourth-order valence-electron chi connectivity index (χ4n) is 6.68. The van der Waals surface area contributed by atoms with Crippen molar-refractivity contribution in [2.45, 2.75) is 64.3 Å². The number of rotatable bonds is 7. The molecule has 2 N–H and O–H groups in total. The van der Waals surface area contributed by atoms with Crippen LogP contribution in [0, 0.1) is 0 Å². The van der Waals surface area contributed by atoms with E-state index in [0.29, 0.717) is 60.0 Å². The zero-order chi connectivity index (χ0) is 29.9. The van der Waals surface area contributed by atoms with Crippen LogP contribution >= 0.6 is 0 Å². The molecule has 0 amide bonds. The van der Waals surface area contributed by atoms with Gasteiger partial charge in [-0.2, -0.15) is 4.98 Å². The summed E-state index contributed by atoms with van der Waals surface area (Å²) in [4.78, 5) is 32.5. The van der Waals surface area contributed by atoms with Gasteiger partial charge < -0.3 is 20.1 Å². The summed E-state index contributed by atoms with van der Waals surface area (Å²) in [5.74, 6) is 1.70. The highest BCUT2D eigenvalue weighted by Gasteiger charge is 2.37. The van der Waals surface area contributed by atoms with Crippen molar-refractivity contribution in [2.75, 3.05) is 36.5 Å². The van der Waals surface area contributed by atoms with E-state index in [-0.39, 0.29) is 12.1 Å². The van der Waals surface area contributed by atoms with Gasteiger partial charge in [-0.25, -0.2) is 19.3 Å². The summed E-state index contributed by atoms with van der Waals surface area (Å²) >= 11 is 0. The van der Waals surface area contributed by atoms with Crippen LogP contribution in [-0.4, -0.2) is 72.6 Å². The number of aryl methyl sites for hydroxylation is 1. The molecule has 4 aromatic rings. The first-order valence-corrected chi connectivity index (χ1v) is 15.2. The van der Waals surface area contributed by atoms with Gasteiger partial charge in [-0.1, -0.05) is 19.1 Å². The molecular formula is C32H38N8O3. The summed E-state index contributed by atoms with van der Waals surface area (Å²) in [6.45, 7) is 14.2. The summed E-state index contributed by atoms with van der Waals surface area (Å²) < 4.78 is 9.47. The first kappa shape index (κ1) is 27.6. The van der Waals surface area contributed by atoms with Crippen molar-refractivity contribution >= 4 is 28.4 Å². The minimum absolute atomic E-state index is 0.233. The standard InChI is InChI=1S/C32H38N8O3/c1-5-13-39-30(41)24-17-33-31(36-29(24)40(39)27-10-7-21-11-12-32(42,6-2)28(21)35-27)34-22-8-9-25-26(16-22)43-19-23-18-37(20(3)4)14-15-38(23)25/h5,7-10,16-17,20,23,42H,1,6,11-15,18-19H2,2-4H3,(H,33,34,36)/t23?,32-/m1/s1. The SMILES string of the molecule is C=CCn1c(=O)c2cnc(Nc3ccc4c(c3)OCC3CN(C(C)C)CCN43)nc2n1-c1ccc2c(n1)[C@@](O)(CC)CC2. The van der Waals surface area contributed by atoms with Crippen molar-refractivity contribution in [3.8, 4) is 11.6 Å². The van der Waals surface area contributed by atoms with Gasteiger partial charge in [0.1, 0.15) is 23.3 Å². The van der Waals surface area contributed by atoms with Gasteiger partial charge in [-0.05, 0) is 56.9 Å². The maximum Gasteiger partial charge on any atom is 0.278 e. The highest BCUT2D eigenvalue weighted by atomic mass is 16.5. The maximum absolute atomic E-state index is 13.4. The molecule has 1 saturated heterocycles. The number of anilines is 3. The molecule has 0 saturated carbocycles. The van der Waals surface area contributed by atoms with E-state index in [1.807, 2.05) is 31.2 Å². The van der Waals surface area contributed by atoms with Crippen molar-refractivity contribution < 1.29 is 9.84 Å². The maximum atomic E-state index is 13.4. The molecule has 3 aliphatic rings. The average Bonchev–Trinajstić information content (AvgIpc) is 3.50. The molecule has 1 aromatic carbocycles. The zero-order valence-corrected chi connectivity index (χ0v) is 25.0. The van der Waals surface area contributed by atoms with Crippen molar-refractivity contribution in [3.05, 3.63) is 70.8 Å². The van der Waals surface area contributed by atoms with Crippen LogP contribution < -0.4 is 20.5 Å². The summed E-state index contributed by atoms with van der Waals surface area (Å²) in [5, 5.41) is 14.9. The molecule has 11 nitrogen and oxygen atoms in total. The Morgan fingerprint density at radius 3 is 2.88 bits per heavy atom. The lowest BCUT2D eigenvalue weighted by Gasteiger charge is -2.46. The smallest absolute Gasteiger partial charge is 0.278 e. The number of hydrogen-bond acceptors (Lipinski definition) is 9. The molecule has 0 spiro atoms. The van der Waals surface area contributed by atoms with Crippen LogP contribution in [0.15, 0.2) is 54.0 Å². The van der Waals surface area contributed by atoms with Gasteiger partial charge in [0.05, 0.1) is 24.0 Å². The highest BCUT2D eigenvalue weighted by molar-refractivity contribution is 5.77. The second-order valence-electron chi connectivity index (χ2n) is 12.0. The number of benzene rings is 1. The van der Waals surface area contributed by atoms with Gasteiger partial charge in [-0.15, -0.1) is 6.58 Å². The van der Waals surface area contributed by atoms with E-state index in [2.05, 4.69) is 46.6 Å². The Labute approximate surface area is 250 Å². The van der Waals surface area contributed by atoms with Crippen LogP contribution in [0.3, 0.4) is 0 Å². The third kappa shape index (κ3) is 4.58. The summed E-state index contributed by atoms with van der Waals surface area (Å²) in [5.41, 5.74) is 2.81. The molecular weight excluding hydrogens is 544 g/mol. The van der Waals surface area contributed by atoms with Crippen LogP contribution in [0.4, 0.5) is 17.3 Å². The van der Waals surface area contributed by atoms with E-state index < -0.39 is 5.60 Å². The number of piperazine rings is 1. The number of nitrogens with zero attached hydrogens (tertiary/aromatic N) is 7. The second kappa shape index (κ2) is 10.5. The predicted octanol–water partition coefficient (Wildman–Crippen LogP) is 3.74. The summed E-state index contributed by atoms with van der Waals surface area (Å²) in [6, 6.07) is 10.8. The minimum atomic E-state index is -0.976. The quantitative estimate of drug-likeness (QED) is 0.315. The number of hydrogen-bond donors (Lipinski definition) is 2. The Bertz CT molecular complexity index is 1780. The third-order valence-corrected chi connectivity index (χ3v) is 9.19. The molecule has 3 aromatic heterocycles. The number of ether oxygens (including phenoxy) is 1. The fourth-order valence-corrected chi connectivity index (χ4v) is 6.68.